The van der Waals surface area contributed by atoms with E-state index in [2.05, 4.69) is 19.2 Å². The average Bonchev–Trinajstić information content (AvgIpc) is 2.89. The van der Waals surface area contributed by atoms with Gasteiger partial charge < -0.3 is 10.1 Å². The summed E-state index contributed by atoms with van der Waals surface area (Å²) in [6.45, 7) is 7.01. The molecule has 2 unspecified atom stereocenters. The Labute approximate surface area is 125 Å². The van der Waals surface area contributed by atoms with Crippen molar-refractivity contribution in [2.75, 3.05) is 13.2 Å². The maximum absolute atomic E-state index is 6.32. The highest BCUT2D eigenvalue weighted by Crippen LogP contribution is 2.47. The highest BCUT2D eigenvalue weighted by Gasteiger charge is 2.48. The first-order valence-corrected chi connectivity index (χ1v) is 9.03. The van der Waals surface area contributed by atoms with Crippen molar-refractivity contribution in [2.45, 2.75) is 89.2 Å². The Morgan fingerprint density at radius 1 is 1.10 bits per heavy atom. The average molecular weight is 279 g/mol. The molecule has 1 saturated carbocycles. The van der Waals surface area contributed by atoms with Gasteiger partial charge in [-0.3, -0.25) is 0 Å². The number of ether oxygens (including phenoxy) is 1. The van der Waals surface area contributed by atoms with Crippen LogP contribution in [0.4, 0.5) is 0 Å². The molecule has 0 radical (unpaired) electrons. The van der Waals surface area contributed by atoms with Crippen LogP contribution in [-0.2, 0) is 4.74 Å². The molecule has 2 saturated heterocycles. The topological polar surface area (TPSA) is 21.3 Å². The summed E-state index contributed by atoms with van der Waals surface area (Å²) in [7, 11) is 0. The monoisotopic (exact) mass is 279 g/mol. The molecule has 2 atom stereocenters. The molecule has 2 aliphatic heterocycles. The van der Waals surface area contributed by atoms with E-state index < -0.39 is 0 Å². The molecule has 3 fully saturated rings. The van der Waals surface area contributed by atoms with Gasteiger partial charge in [0, 0.05) is 12.1 Å². The van der Waals surface area contributed by atoms with Gasteiger partial charge in [-0.1, -0.05) is 33.1 Å². The van der Waals surface area contributed by atoms with E-state index >= 15 is 0 Å². The molecule has 0 bridgehead atoms. The zero-order chi connectivity index (χ0) is 14.1. The van der Waals surface area contributed by atoms with Gasteiger partial charge in [-0.2, -0.15) is 0 Å². The van der Waals surface area contributed by atoms with E-state index in [0.29, 0.717) is 5.54 Å². The van der Waals surface area contributed by atoms with E-state index in [9.17, 15) is 0 Å². The molecule has 2 nitrogen and oxygen atoms in total. The summed E-state index contributed by atoms with van der Waals surface area (Å²) in [5.41, 5.74) is 0.692. The highest BCUT2D eigenvalue weighted by atomic mass is 16.5. The summed E-state index contributed by atoms with van der Waals surface area (Å²) < 4.78 is 6.32. The smallest absolute Gasteiger partial charge is 0.0685 e. The number of nitrogens with one attached hydrogen (secondary N) is 1. The van der Waals surface area contributed by atoms with Crippen molar-refractivity contribution in [3.63, 3.8) is 0 Å². The van der Waals surface area contributed by atoms with Crippen LogP contribution in [0, 0.1) is 11.8 Å². The van der Waals surface area contributed by atoms with Crippen LogP contribution in [0.25, 0.3) is 0 Å². The molecule has 1 aliphatic carbocycles. The first-order chi connectivity index (χ1) is 9.64. The zero-order valence-electron chi connectivity index (χ0n) is 13.5. The Morgan fingerprint density at radius 3 is 2.55 bits per heavy atom. The Kier molecular flexibility index (Phi) is 4.42. The van der Waals surface area contributed by atoms with Crippen LogP contribution < -0.4 is 5.32 Å². The summed E-state index contributed by atoms with van der Waals surface area (Å²) in [6, 6.07) is 0. The first-order valence-electron chi connectivity index (χ1n) is 9.03. The second-order valence-corrected chi connectivity index (χ2v) is 8.07. The predicted molar refractivity (Wildman–Crippen MR) is 83.9 cm³/mol. The normalized spacial score (nSPS) is 37.6. The minimum atomic E-state index is 0.259. The lowest BCUT2D eigenvalue weighted by Gasteiger charge is -2.49. The van der Waals surface area contributed by atoms with Crippen molar-refractivity contribution >= 4 is 0 Å². The predicted octanol–water partition coefficient (Wildman–Crippen LogP) is 4.28. The Balaban J connectivity index is 1.73. The van der Waals surface area contributed by atoms with E-state index in [0.717, 1.165) is 18.4 Å². The molecule has 1 N–H and O–H groups in total. The van der Waals surface area contributed by atoms with Gasteiger partial charge in [-0.05, 0) is 63.3 Å². The molecule has 0 aromatic carbocycles. The number of hydrogen-bond donors (Lipinski definition) is 1. The molecule has 0 amide bonds. The fourth-order valence-electron chi connectivity index (χ4n) is 5.29. The molecule has 0 aromatic heterocycles. The van der Waals surface area contributed by atoms with Crippen LogP contribution in [0.5, 0.6) is 0 Å². The van der Waals surface area contributed by atoms with Crippen LogP contribution in [0.1, 0.15) is 78.1 Å². The lowest BCUT2D eigenvalue weighted by Crippen LogP contribution is -2.54. The van der Waals surface area contributed by atoms with Gasteiger partial charge in [-0.25, -0.2) is 0 Å². The largest absolute Gasteiger partial charge is 0.375 e. The molecule has 3 rings (SSSR count). The standard InChI is InChI=1S/C18H33NO/c1-15(2)13-18(10-6-11-19-18)16-7-12-20-17(14-16)8-4-3-5-9-17/h15-16,19H,3-14H2,1-2H3. The van der Waals surface area contributed by atoms with E-state index in [4.69, 9.17) is 4.74 Å². The first kappa shape index (κ1) is 14.8. The highest BCUT2D eigenvalue weighted by molar-refractivity contribution is 5.03. The Bertz CT molecular complexity index is 308. The van der Waals surface area contributed by atoms with E-state index in [1.165, 1.54) is 70.8 Å². The Morgan fingerprint density at radius 2 is 1.90 bits per heavy atom. The number of hydrogen-bond acceptors (Lipinski definition) is 2. The van der Waals surface area contributed by atoms with Gasteiger partial charge in [-0.15, -0.1) is 0 Å². The van der Waals surface area contributed by atoms with Crippen LogP contribution in [0.2, 0.25) is 0 Å². The van der Waals surface area contributed by atoms with Crippen molar-refractivity contribution in [3.8, 4) is 0 Å². The summed E-state index contributed by atoms with van der Waals surface area (Å²) in [6.07, 6.45) is 13.6. The fourth-order valence-corrected chi connectivity index (χ4v) is 5.29. The quantitative estimate of drug-likeness (QED) is 0.832. The van der Waals surface area contributed by atoms with Crippen molar-refractivity contribution < 1.29 is 4.74 Å². The van der Waals surface area contributed by atoms with Crippen LogP contribution in [0.15, 0.2) is 0 Å². The van der Waals surface area contributed by atoms with Gasteiger partial charge in [0.1, 0.15) is 0 Å². The molecule has 0 aromatic rings. The summed E-state index contributed by atoms with van der Waals surface area (Å²) in [5, 5.41) is 3.94. The molecule has 3 aliphatic rings. The minimum Gasteiger partial charge on any atom is -0.375 e. The van der Waals surface area contributed by atoms with E-state index in [-0.39, 0.29) is 5.60 Å². The molecule has 1 spiro atoms. The second-order valence-electron chi connectivity index (χ2n) is 8.07. The molecule has 2 heterocycles. The van der Waals surface area contributed by atoms with Crippen molar-refractivity contribution in [3.05, 3.63) is 0 Å². The van der Waals surface area contributed by atoms with Crippen LogP contribution in [0.3, 0.4) is 0 Å². The van der Waals surface area contributed by atoms with Crippen molar-refractivity contribution in [2.24, 2.45) is 11.8 Å². The van der Waals surface area contributed by atoms with Crippen molar-refractivity contribution in [1.82, 2.24) is 5.32 Å². The molecule has 2 heteroatoms. The molecule has 116 valence electrons. The third-order valence-electron chi connectivity index (χ3n) is 6.09. The number of rotatable bonds is 3. The van der Waals surface area contributed by atoms with Crippen LogP contribution >= 0.6 is 0 Å². The van der Waals surface area contributed by atoms with Gasteiger partial charge in [0.15, 0.2) is 0 Å². The third kappa shape index (κ3) is 2.92. The molecule has 20 heavy (non-hydrogen) atoms. The van der Waals surface area contributed by atoms with E-state index in [1.54, 1.807) is 0 Å². The summed E-state index contributed by atoms with van der Waals surface area (Å²) >= 11 is 0. The zero-order valence-corrected chi connectivity index (χ0v) is 13.5. The lowest BCUT2D eigenvalue weighted by molar-refractivity contribution is -0.130. The van der Waals surface area contributed by atoms with Crippen LogP contribution in [-0.4, -0.2) is 24.3 Å². The van der Waals surface area contributed by atoms with Gasteiger partial charge >= 0.3 is 0 Å². The van der Waals surface area contributed by atoms with Gasteiger partial charge in [0.2, 0.25) is 0 Å². The minimum absolute atomic E-state index is 0.259. The van der Waals surface area contributed by atoms with Gasteiger partial charge in [0.25, 0.3) is 0 Å². The molecular formula is C18H33NO. The lowest BCUT2D eigenvalue weighted by atomic mass is 9.67. The Hall–Kier alpha value is -0.0800. The second kappa shape index (κ2) is 5.96. The summed E-state index contributed by atoms with van der Waals surface area (Å²) in [4.78, 5) is 0. The van der Waals surface area contributed by atoms with Gasteiger partial charge in [0.05, 0.1) is 5.60 Å². The van der Waals surface area contributed by atoms with Crippen molar-refractivity contribution in [1.29, 1.82) is 0 Å². The summed E-state index contributed by atoms with van der Waals surface area (Å²) in [5.74, 6) is 1.64. The third-order valence-corrected chi connectivity index (χ3v) is 6.09. The maximum atomic E-state index is 6.32. The maximum Gasteiger partial charge on any atom is 0.0685 e. The SMILES string of the molecule is CC(C)CC1(C2CCOC3(CCCCC3)C2)CCCN1. The fraction of sp³-hybridized carbons (Fsp3) is 1.00. The van der Waals surface area contributed by atoms with E-state index in [1.807, 2.05) is 0 Å². The molecular weight excluding hydrogens is 246 g/mol.